The lowest BCUT2D eigenvalue weighted by atomic mass is 10.1. The molecule has 4 heteroatoms. The SMILES string of the molecule is COCCOCCSc1ccc(C(C)O)cc1. The Bertz CT molecular complexity index is 298. The number of benzene rings is 1. The number of methoxy groups -OCH3 is 1. The zero-order chi connectivity index (χ0) is 12.5. The second-order valence-electron chi connectivity index (χ2n) is 3.70. The van der Waals surface area contributed by atoms with E-state index < -0.39 is 6.10 Å². The van der Waals surface area contributed by atoms with Gasteiger partial charge in [-0.15, -0.1) is 11.8 Å². The average molecular weight is 256 g/mol. The van der Waals surface area contributed by atoms with E-state index in [4.69, 9.17) is 9.47 Å². The molecule has 0 aromatic heterocycles. The van der Waals surface area contributed by atoms with Gasteiger partial charge in [-0.05, 0) is 24.6 Å². The van der Waals surface area contributed by atoms with Gasteiger partial charge in [0, 0.05) is 17.8 Å². The minimum Gasteiger partial charge on any atom is -0.389 e. The van der Waals surface area contributed by atoms with Crippen LogP contribution >= 0.6 is 11.8 Å². The highest BCUT2D eigenvalue weighted by atomic mass is 32.2. The van der Waals surface area contributed by atoms with Gasteiger partial charge >= 0.3 is 0 Å². The molecular weight excluding hydrogens is 236 g/mol. The van der Waals surface area contributed by atoms with Gasteiger partial charge in [0.2, 0.25) is 0 Å². The Morgan fingerprint density at radius 1 is 1.18 bits per heavy atom. The molecule has 0 saturated heterocycles. The van der Waals surface area contributed by atoms with E-state index in [1.165, 1.54) is 4.90 Å². The fraction of sp³-hybridized carbons (Fsp3) is 0.538. The van der Waals surface area contributed by atoms with Crippen LogP contribution in [0.3, 0.4) is 0 Å². The average Bonchev–Trinajstić information content (AvgIpc) is 2.34. The van der Waals surface area contributed by atoms with Crippen LogP contribution in [-0.4, -0.2) is 37.8 Å². The van der Waals surface area contributed by atoms with Crippen molar-refractivity contribution in [3.05, 3.63) is 29.8 Å². The second kappa shape index (κ2) is 8.53. The van der Waals surface area contributed by atoms with Gasteiger partial charge in [0.1, 0.15) is 0 Å². The Morgan fingerprint density at radius 3 is 2.47 bits per heavy atom. The van der Waals surface area contributed by atoms with E-state index in [2.05, 4.69) is 0 Å². The summed E-state index contributed by atoms with van der Waals surface area (Å²) in [6, 6.07) is 7.97. The van der Waals surface area contributed by atoms with E-state index in [1.54, 1.807) is 25.8 Å². The predicted molar refractivity (Wildman–Crippen MR) is 70.5 cm³/mol. The van der Waals surface area contributed by atoms with E-state index in [0.717, 1.165) is 17.9 Å². The van der Waals surface area contributed by atoms with Gasteiger partial charge in [-0.25, -0.2) is 0 Å². The minimum absolute atomic E-state index is 0.397. The first-order chi connectivity index (χ1) is 8.24. The maximum atomic E-state index is 9.37. The molecule has 1 unspecified atom stereocenters. The van der Waals surface area contributed by atoms with Crippen molar-refractivity contribution >= 4 is 11.8 Å². The van der Waals surface area contributed by atoms with Gasteiger partial charge in [0.05, 0.1) is 25.9 Å². The van der Waals surface area contributed by atoms with Gasteiger partial charge < -0.3 is 14.6 Å². The van der Waals surface area contributed by atoms with Gasteiger partial charge in [-0.3, -0.25) is 0 Å². The van der Waals surface area contributed by atoms with Crippen LogP contribution < -0.4 is 0 Å². The number of ether oxygens (including phenoxy) is 2. The van der Waals surface area contributed by atoms with Gasteiger partial charge in [0.15, 0.2) is 0 Å². The first-order valence-corrected chi connectivity index (χ1v) is 6.70. The van der Waals surface area contributed by atoms with Crippen LogP contribution in [-0.2, 0) is 9.47 Å². The van der Waals surface area contributed by atoms with Crippen molar-refractivity contribution in [2.75, 3.05) is 32.7 Å². The molecule has 1 rings (SSSR count). The molecule has 17 heavy (non-hydrogen) atoms. The smallest absolute Gasteiger partial charge is 0.0761 e. The zero-order valence-electron chi connectivity index (χ0n) is 10.4. The zero-order valence-corrected chi connectivity index (χ0v) is 11.2. The van der Waals surface area contributed by atoms with E-state index >= 15 is 0 Å². The fourth-order valence-corrected chi connectivity index (χ4v) is 2.07. The summed E-state index contributed by atoms with van der Waals surface area (Å²) in [6.45, 7) is 3.80. The summed E-state index contributed by atoms with van der Waals surface area (Å²) >= 11 is 1.75. The largest absolute Gasteiger partial charge is 0.389 e. The lowest BCUT2D eigenvalue weighted by molar-refractivity contribution is 0.0790. The number of rotatable bonds is 8. The number of thioether (sulfide) groups is 1. The summed E-state index contributed by atoms with van der Waals surface area (Å²) in [7, 11) is 1.67. The van der Waals surface area contributed by atoms with Crippen LogP contribution in [0.4, 0.5) is 0 Å². The highest BCUT2D eigenvalue weighted by Gasteiger charge is 2.00. The van der Waals surface area contributed by atoms with Gasteiger partial charge in [-0.2, -0.15) is 0 Å². The van der Waals surface area contributed by atoms with Crippen LogP contribution in [0, 0.1) is 0 Å². The molecule has 0 aliphatic rings. The molecular formula is C13H20O3S. The molecule has 1 N–H and O–H groups in total. The lowest BCUT2D eigenvalue weighted by Gasteiger charge is -2.06. The van der Waals surface area contributed by atoms with Crippen LogP contribution in [0.15, 0.2) is 29.2 Å². The van der Waals surface area contributed by atoms with Crippen LogP contribution in [0.2, 0.25) is 0 Å². The summed E-state index contributed by atoms with van der Waals surface area (Å²) in [6.07, 6.45) is -0.397. The van der Waals surface area contributed by atoms with Gasteiger partial charge in [-0.1, -0.05) is 12.1 Å². The van der Waals surface area contributed by atoms with E-state index in [1.807, 2.05) is 24.3 Å². The third kappa shape index (κ3) is 6.07. The maximum absolute atomic E-state index is 9.37. The Hall–Kier alpha value is -0.550. The minimum atomic E-state index is -0.397. The maximum Gasteiger partial charge on any atom is 0.0761 e. The molecule has 0 spiro atoms. The number of hydrogen-bond donors (Lipinski definition) is 1. The van der Waals surface area contributed by atoms with E-state index in [9.17, 15) is 5.11 Å². The van der Waals surface area contributed by atoms with Crippen LogP contribution in [0.5, 0.6) is 0 Å². The van der Waals surface area contributed by atoms with E-state index in [-0.39, 0.29) is 0 Å². The first-order valence-electron chi connectivity index (χ1n) is 5.71. The molecule has 0 amide bonds. The van der Waals surface area contributed by atoms with E-state index in [0.29, 0.717) is 13.2 Å². The summed E-state index contributed by atoms with van der Waals surface area (Å²) in [5, 5.41) is 9.37. The lowest BCUT2D eigenvalue weighted by Crippen LogP contribution is -2.04. The van der Waals surface area contributed by atoms with Crippen molar-refractivity contribution in [2.45, 2.75) is 17.9 Å². The molecule has 0 aliphatic heterocycles. The molecule has 0 heterocycles. The van der Waals surface area contributed by atoms with Crippen LogP contribution in [0.25, 0.3) is 0 Å². The number of aliphatic hydroxyl groups is 1. The summed E-state index contributed by atoms with van der Waals surface area (Å²) in [5.41, 5.74) is 0.950. The molecule has 1 atom stereocenters. The van der Waals surface area contributed by atoms with Crippen molar-refractivity contribution in [3.63, 3.8) is 0 Å². The highest BCUT2D eigenvalue weighted by Crippen LogP contribution is 2.20. The molecule has 0 fully saturated rings. The summed E-state index contributed by atoms with van der Waals surface area (Å²) in [4.78, 5) is 1.20. The molecule has 0 saturated carbocycles. The standard InChI is InChI=1S/C13H20O3S/c1-11(14)12-3-5-13(6-4-12)17-10-9-16-8-7-15-2/h3-6,11,14H,7-10H2,1-2H3. The van der Waals surface area contributed by atoms with Gasteiger partial charge in [0.25, 0.3) is 0 Å². The fourth-order valence-electron chi connectivity index (χ4n) is 1.31. The Morgan fingerprint density at radius 2 is 1.88 bits per heavy atom. The molecule has 1 aromatic carbocycles. The Balaban J connectivity index is 2.19. The molecule has 0 bridgehead atoms. The third-order valence-corrected chi connectivity index (χ3v) is 3.27. The van der Waals surface area contributed by atoms with Crippen LogP contribution in [0.1, 0.15) is 18.6 Å². The number of hydrogen-bond acceptors (Lipinski definition) is 4. The summed E-state index contributed by atoms with van der Waals surface area (Å²) in [5.74, 6) is 0.928. The quantitative estimate of drug-likeness (QED) is 0.573. The van der Waals surface area contributed by atoms with Crippen molar-refractivity contribution in [1.29, 1.82) is 0 Å². The highest BCUT2D eigenvalue weighted by molar-refractivity contribution is 7.99. The second-order valence-corrected chi connectivity index (χ2v) is 4.87. The third-order valence-electron chi connectivity index (χ3n) is 2.29. The Labute approximate surface area is 107 Å². The molecule has 3 nitrogen and oxygen atoms in total. The van der Waals surface area contributed by atoms with Crippen molar-refractivity contribution < 1.29 is 14.6 Å². The van der Waals surface area contributed by atoms with Crippen molar-refractivity contribution in [1.82, 2.24) is 0 Å². The topological polar surface area (TPSA) is 38.7 Å². The monoisotopic (exact) mass is 256 g/mol. The molecule has 0 radical (unpaired) electrons. The molecule has 0 aliphatic carbocycles. The summed E-state index contributed by atoms with van der Waals surface area (Å²) < 4.78 is 10.3. The van der Waals surface area contributed by atoms with Crippen molar-refractivity contribution in [3.8, 4) is 0 Å². The molecule has 1 aromatic rings. The first kappa shape index (κ1) is 14.5. The Kier molecular flexibility index (Phi) is 7.28. The number of aliphatic hydroxyl groups excluding tert-OH is 1. The normalized spacial score (nSPS) is 12.6. The predicted octanol–water partition coefficient (Wildman–Crippen LogP) is 2.50. The molecule has 96 valence electrons. The van der Waals surface area contributed by atoms with Crippen molar-refractivity contribution in [2.24, 2.45) is 0 Å².